The lowest BCUT2D eigenvalue weighted by atomic mass is 9.71. The molecule has 136 valence electrons. The van der Waals surface area contributed by atoms with E-state index in [1.807, 2.05) is 0 Å². The number of ketones is 1. The minimum Gasteiger partial charge on any atom is -0.298 e. The monoisotopic (exact) mass is 346 g/mol. The summed E-state index contributed by atoms with van der Waals surface area (Å²) in [7, 11) is 0. The van der Waals surface area contributed by atoms with Crippen LogP contribution in [0.3, 0.4) is 0 Å². The highest BCUT2D eigenvalue weighted by Gasteiger charge is 2.40. The average Bonchev–Trinajstić information content (AvgIpc) is 3.39. The maximum atomic E-state index is 14.0. The summed E-state index contributed by atoms with van der Waals surface area (Å²) in [6.07, 6.45) is 9.94. The number of rotatable bonds is 6. The van der Waals surface area contributed by atoms with Gasteiger partial charge in [0.25, 0.3) is 0 Å². The summed E-state index contributed by atoms with van der Waals surface area (Å²) >= 11 is 0. The van der Waals surface area contributed by atoms with Crippen molar-refractivity contribution in [2.45, 2.75) is 63.2 Å². The number of benzene rings is 2. The van der Waals surface area contributed by atoms with Crippen LogP contribution in [0, 0.1) is 11.8 Å². The van der Waals surface area contributed by atoms with Gasteiger partial charge < -0.3 is 0 Å². The molecular weight excluding hydrogens is 316 g/mol. The van der Waals surface area contributed by atoms with Gasteiger partial charge in [-0.3, -0.25) is 4.79 Å². The molecule has 2 saturated carbocycles. The van der Waals surface area contributed by atoms with Gasteiger partial charge in [0.05, 0.1) is 0 Å². The summed E-state index contributed by atoms with van der Waals surface area (Å²) in [6.45, 7) is 0. The summed E-state index contributed by atoms with van der Waals surface area (Å²) in [5, 5.41) is 0. The fraction of sp³-hybridized carbons (Fsp3) is 0.480. The van der Waals surface area contributed by atoms with E-state index in [0.29, 0.717) is 17.6 Å². The summed E-state index contributed by atoms with van der Waals surface area (Å²) in [6, 6.07) is 21.2. The van der Waals surface area contributed by atoms with Crippen LogP contribution in [0.1, 0.15) is 74.3 Å². The second-order valence-electron chi connectivity index (χ2n) is 8.27. The minimum atomic E-state index is 0.0736. The predicted octanol–water partition coefficient (Wildman–Crippen LogP) is 6.50. The normalized spacial score (nSPS) is 20.9. The van der Waals surface area contributed by atoms with Crippen LogP contribution in [-0.4, -0.2) is 5.78 Å². The maximum Gasteiger partial charge on any atom is 0.148 e. The molecule has 0 N–H and O–H groups in total. The fourth-order valence-electron chi connectivity index (χ4n) is 5.43. The van der Waals surface area contributed by atoms with E-state index >= 15 is 0 Å². The van der Waals surface area contributed by atoms with E-state index in [1.165, 1.54) is 62.5 Å². The minimum absolute atomic E-state index is 0.0736. The van der Waals surface area contributed by atoms with Crippen LogP contribution >= 0.6 is 0 Å². The Hall–Kier alpha value is -1.89. The van der Waals surface area contributed by atoms with Crippen molar-refractivity contribution in [2.75, 3.05) is 0 Å². The predicted molar refractivity (Wildman–Crippen MR) is 107 cm³/mol. The number of carbonyl (C=O) groups excluding carboxylic acids is 1. The second kappa shape index (κ2) is 8.20. The molecule has 0 heterocycles. The Balaban J connectivity index is 1.71. The van der Waals surface area contributed by atoms with Crippen LogP contribution in [0.4, 0.5) is 0 Å². The van der Waals surface area contributed by atoms with E-state index in [2.05, 4.69) is 60.7 Å². The number of hydrogen-bond donors (Lipinski definition) is 0. The highest BCUT2D eigenvalue weighted by atomic mass is 16.1. The molecule has 2 aliphatic carbocycles. The van der Waals surface area contributed by atoms with Gasteiger partial charge in [-0.2, -0.15) is 0 Å². The van der Waals surface area contributed by atoms with Crippen molar-refractivity contribution in [3.8, 4) is 0 Å². The number of carbonyl (C=O) groups is 1. The molecule has 2 aliphatic rings. The van der Waals surface area contributed by atoms with Gasteiger partial charge in [-0.15, -0.1) is 0 Å². The number of Topliss-reactive ketones (excluding diaryl/α,β-unsaturated/α-hetero) is 1. The molecule has 2 aromatic carbocycles. The first-order valence-electron chi connectivity index (χ1n) is 10.5. The van der Waals surface area contributed by atoms with Gasteiger partial charge in [0, 0.05) is 11.8 Å². The molecule has 26 heavy (non-hydrogen) atoms. The van der Waals surface area contributed by atoms with Gasteiger partial charge in [-0.05, 0) is 48.6 Å². The molecule has 0 bridgehead atoms. The molecule has 1 nitrogen and oxygen atoms in total. The highest BCUT2D eigenvalue weighted by molar-refractivity contribution is 5.92. The first-order valence-corrected chi connectivity index (χ1v) is 10.5. The van der Waals surface area contributed by atoms with Crippen molar-refractivity contribution < 1.29 is 4.79 Å². The quantitative estimate of drug-likeness (QED) is 0.583. The molecule has 2 atom stereocenters. The van der Waals surface area contributed by atoms with E-state index in [1.54, 1.807) is 0 Å². The molecule has 0 aliphatic heterocycles. The summed E-state index contributed by atoms with van der Waals surface area (Å²) in [5.74, 6) is 1.69. The Morgan fingerprint density at radius 3 is 1.31 bits per heavy atom. The van der Waals surface area contributed by atoms with E-state index < -0.39 is 0 Å². The molecule has 4 rings (SSSR count). The van der Waals surface area contributed by atoms with E-state index in [-0.39, 0.29) is 11.8 Å². The Kier molecular flexibility index (Phi) is 5.53. The SMILES string of the molecule is O=C(C(c1ccccc1)C1CCCC1)C(c1ccccc1)C1CCCC1. The van der Waals surface area contributed by atoms with E-state index in [0.717, 1.165) is 0 Å². The van der Waals surface area contributed by atoms with Crippen LogP contribution in [0.2, 0.25) is 0 Å². The molecular formula is C25H30O. The van der Waals surface area contributed by atoms with Gasteiger partial charge in [0.1, 0.15) is 5.78 Å². The Morgan fingerprint density at radius 1 is 0.615 bits per heavy atom. The number of hydrogen-bond acceptors (Lipinski definition) is 1. The zero-order chi connectivity index (χ0) is 17.8. The fourth-order valence-corrected chi connectivity index (χ4v) is 5.43. The molecule has 0 aromatic heterocycles. The molecule has 2 fully saturated rings. The summed E-state index contributed by atoms with van der Waals surface area (Å²) in [4.78, 5) is 14.0. The van der Waals surface area contributed by atoms with Gasteiger partial charge in [-0.1, -0.05) is 86.3 Å². The largest absolute Gasteiger partial charge is 0.298 e. The molecule has 0 saturated heterocycles. The van der Waals surface area contributed by atoms with Crippen molar-refractivity contribution in [1.82, 2.24) is 0 Å². The van der Waals surface area contributed by atoms with Crippen LogP contribution in [-0.2, 0) is 4.79 Å². The Bertz CT molecular complexity index is 632. The van der Waals surface area contributed by atoms with Gasteiger partial charge in [0.2, 0.25) is 0 Å². The van der Waals surface area contributed by atoms with Gasteiger partial charge in [-0.25, -0.2) is 0 Å². The van der Waals surface area contributed by atoms with Crippen molar-refractivity contribution >= 4 is 5.78 Å². The maximum absolute atomic E-state index is 14.0. The molecule has 2 aromatic rings. The van der Waals surface area contributed by atoms with Crippen LogP contribution < -0.4 is 0 Å². The molecule has 1 heteroatoms. The standard InChI is InChI=1S/C25H30O/c26-25(23(21-15-7-8-16-21)19-11-3-1-4-12-19)24(22-17-9-10-18-22)20-13-5-2-6-14-20/h1-6,11-14,21-24H,7-10,15-18H2. The van der Waals surface area contributed by atoms with Crippen molar-refractivity contribution in [3.63, 3.8) is 0 Å². The third-order valence-electron chi connectivity index (χ3n) is 6.67. The van der Waals surface area contributed by atoms with Crippen molar-refractivity contribution in [2.24, 2.45) is 11.8 Å². The molecule has 0 amide bonds. The Morgan fingerprint density at radius 2 is 0.962 bits per heavy atom. The molecule has 0 radical (unpaired) electrons. The van der Waals surface area contributed by atoms with Crippen LogP contribution in [0.25, 0.3) is 0 Å². The third-order valence-corrected chi connectivity index (χ3v) is 6.67. The first kappa shape index (κ1) is 17.5. The first-order chi connectivity index (χ1) is 12.8. The van der Waals surface area contributed by atoms with Crippen LogP contribution in [0.5, 0.6) is 0 Å². The second-order valence-corrected chi connectivity index (χ2v) is 8.27. The lowest BCUT2D eigenvalue weighted by Gasteiger charge is -2.30. The van der Waals surface area contributed by atoms with Crippen molar-refractivity contribution in [3.05, 3.63) is 71.8 Å². The Labute approximate surface area is 157 Å². The highest BCUT2D eigenvalue weighted by Crippen LogP contribution is 2.45. The lowest BCUT2D eigenvalue weighted by Crippen LogP contribution is -2.29. The topological polar surface area (TPSA) is 17.1 Å². The average molecular weight is 347 g/mol. The smallest absolute Gasteiger partial charge is 0.148 e. The van der Waals surface area contributed by atoms with E-state index in [4.69, 9.17) is 0 Å². The summed E-state index contributed by atoms with van der Waals surface area (Å²) < 4.78 is 0. The van der Waals surface area contributed by atoms with Crippen molar-refractivity contribution in [1.29, 1.82) is 0 Å². The van der Waals surface area contributed by atoms with Gasteiger partial charge >= 0.3 is 0 Å². The lowest BCUT2D eigenvalue weighted by molar-refractivity contribution is -0.124. The molecule has 2 unspecified atom stereocenters. The van der Waals surface area contributed by atoms with E-state index in [9.17, 15) is 4.79 Å². The molecule has 0 spiro atoms. The van der Waals surface area contributed by atoms with Crippen LogP contribution in [0.15, 0.2) is 60.7 Å². The third kappa shape index (κ3) is 3.63. The van der Waals surface area contributed by atoms with Gasteiger partial charge in [0.15, 0.2) is 0 Å². The summed E-state index contributed by atoms with van der Waals surface area (Å²) in [5.41, 5.74) is 2.48. The zero-order valence-electron chi connectivity index (χ0n) is 15.6. The zero-order valence-corrected chi connectivity index (χ0v) is 15.6.